The highest BCUT2D eigenvalue weighted by Gasteiger charge is 2.10. The molecule has 0 saturated heterocycles. The molecule has 1 aromatic carbocycles. The van der Waals surface area contributed by atoms with Crippen molar-refractivity contribution >= 4 is 45.8 Å². The first kappa shape index (κ1) is 14.3. The molecule has 0 aliphatic rings. The molecule has 0 radical (unpaired) electrons. The molecule has 2 nitrogen and oxygen atoms in total. The number of thiophene rings is 1. The first-order valence-electron chi connectivity index (χ1n) is 5.91. The van der Waals surface area contributed by atoms with E-state index in [0.29, 0.717) is 10.0 Å². The van der Waals surface area contributed by atoms with E-state index in [4.69, 9.17) is 29.6 Å². The molecule has 19 heavy (non-hydrogen) atoms. The molecule has 0 saturated carbocycles. The number of hydrogen-bond donors (Lipinski definition) is 1. The van der Waals surface area contributed by atoms with Gasteiger partial charge in [-0.1, -0.05) is 29.9 Å². The van der Waals surface area contributed by atoms with E-state index in [1.54, 1.807) is 11.3 Å². The number of nitrogens with two attached hydrogens (primary N) is 1. The van der Waals surface area contributed by atoms with E-state index in [-0.39, 0.29) is 0 Å². The molecule has 2 N–H and O–H groups in total. The molecule has 100 valence electrons. The zero-order valence-electron chi connectivity index (χ0n) is 10.6. The molecular weight excluding hydrogens is 296 g/mol. The van der Waals surface area contributed by atoms with Crippen LogP contribution in [0.25, 0.3) is 0 Å². The molecular formula is C14H15ClN2S2. The van der Waals surface area contributed by atoms with Gasteiger partial charge in [-0.05, 0) is 36.1 Å². The van der Waals surface area contributed by atoms with Gasteiger partial charge in [-0.15, -0.1) is 11.3 Å². The van der Waals surface area contributed by atoms with E-state index >= 15 is 0 Å². The summed E-state index contributed by atoms with van der Waals surface area (Å²) in [6.07, 6.45) is 1.01. The second-order valence-corrected chi connectivity index (χ2v) is 6.19. The summed E-state index contributed by atoms with van der Waals surface area (Å²) in [5.74, 6) is 0. The van der Waals surface area contributed by atoms with Crippen molar-refractivity contribution in [2.75, 3.05) is 18.5 Å². The second-order valence-electron chi connectivity index (χ2n) is 4.28. The summed E-state index contributed by atoms with van der Waals surface area (Å²) >= 11 is 12.9. The summed E-state index contributed by atoms with van der Waals surface area (Å²) in [5.41, 5.74) is 7.61. The first-order valence-corrected chi connectivity index (χ1v) is 7.57. The minimum Gasteiger partial charge on any atom is -0.389 e. The lowest BCUT2D eigenvalue weighted by Gasteiger charge is -2.22. The molecule has 2 rings (SSSR count). The van der Waals surface area contributed by atoms with Gasteiger partial charge in [0.25, 0.3) is 0 Å². The normalized spacial score (nSPS) is 10.4. The number of nitrogens with zero attached hydrogens (tertiary/aromatic N) is 1. The van der Waals surface area contributed by atoms with Crippen LogP contribution in [0, 0.1) is 0 Å². The quantitative estimate of drug-likeness (QED) is 0.854. The third-order valence-corrected chi connectivity index (χ3v) is 4.30. The zero-order chi connectivity index (χ0) is 13.8. The maximum atomic E-state index is 5.99. The first-order chi connectivity index (χ1) is 9.08. The van der Waals surface area contributed by atoms with Gasteiger partial charge in [0.2, 0.25) is 0 Å². The van der Waals surface area contributed by atoms with Gasteiger partial charge in [-0.3, -0.25) is 0 Å². The van der Waals surface area contributed by atoms with E-state index in [9.17, 15) is 0 Å². The molecule has 0 bridgehead atoms. The van der Waals surface area contributed by atoms with E-state index < -0.39 is 0 Å². The predicted octanol–water partition coefficient (Wildman–Crippen LogP) is 3.71. The van der Waals surface area contributed by atoms with Gasteiger partial charge in [0, 0.05) is 34.7 Å². The Hall–Kier alpha value is -1.10. The molecule has 1 heterocycles. The van der Waals surface area contributed by atoms with Gasteiger partial charge in [-0.25, -0.2) is 0 Å². The third kappa shape index (κ3) is 3.69. The molecule has 0 aliphatic heterocycles. The van der Waals surface area contributed by atoms with Crippen LogP contribution in [0.2, 0.25) is 5.02 Å². The van der Waals surface area contributed by atoms with Crippen molar-refractivity contribution in [3.63, 3.8) is 0 Å². The molecule has 5 heteroatoms. The van der Waals surface area contributed by atoms with Gasteiger partial charge in [0.05, 0.1) is 0 Å². The van der Waals surface area contributed by atoms with Crippen molar-refractivity contribution in [1.82, 2.24) is 0 Å². The summed E-state index contributed by atoms with van der Waals surface area (Å²) < 4.78 is 0. The molecule has 1 aromatic heterocycles. The van der Waals surface area contributed by atoms with Crippen LogP contribution in [0.1, 0.15) is 10.4 Å². The fourth-order valence-electron chi connectivity index (χ4n) is 1.89. The van der Waals surface area contributed by atoms with Gasteiger partial charge in [0.1, 0.15) is 4.99 Å². The van der Waals surface area contributed by atoms with Crippen LogP contribution in [0.3, 0.4) is 0 Å². The summed E-state index contributed by atoms with van der Waals surface area (Å²) in [4.78, 5) is 3.91. The molecule has 0 fully saturated rings. The van der Waals surface area contributed by atoms with E-state index in [1.165, 1.54) is 4.88 Å². The number of halogens is 1. The van der Waals surface area contributed by atoms with Crippen LogP contribution in [0.15, 0.2) is 35.7 Å². The minimum atomic E-state index is 0.375. The lowest BCUT2D eigenvalue weighted by atomic mass is 10.1. The van der Waals surface area contributed by atoms with E-state index in [2.05, 4.69) is 22.4 Å². The lowest BCUT2D eigenvalue weighted by molar-refractivity contribution is 0.886. The van der Waals surface area contributed by atoms with E-state index in [1.807, 2.05) is 25.2 Å². The van der Waals surface area contributed by atoms with Gasteiger partial charge >= 0.3 is 0 Å². The Morgan fingerprint density at radius 3 is 2.84 bits per heavy atom. The topological polar surface area (TPSA) is 29.3 Å². The van der Waals surface area contributed by atoms with Crippen molar-refractivity contribution in [3.8, 4) is 0 Å². The van der Waals surface area contributed by atoms with Crippen LogP contribution in [0.5, 0.6) is 0 Å². The van der Waals surface area contributed by atoms with Crippen molar-refractivity contribution in [3.05, 3.63) is 51.2 Å². The number of benzene rings is 1. The Bertz CT molecular complexity index is 567. The fraction of sp³-hybridized carbons (Fsp3) is 0.214. The standard InChI is InChI=1S/C14H15ClN2S2/c1-17(7-6-11-3-2-8-19-11)13-5-4-10(15)9-12(13)14(16)18/h2-5,8-9H,6-7H2,1H3,(H2,16,18). The smallest absolute Gasteiger partial charge is 0.106 e. The summed E-state index contributed by atoms with van der Waals surface area (Å²) in [7, 11) is 2.04. The van der Waals surface area contributed by atoms with Crippen molar-refractivity contribution in [1.29, 1.82) is 0 Å². The van der Waals surface area contributed by atoms with Crippen LogP contribution < -0.4 is 10.6 Å². The SMILES string of the molecule is CN(CCc1cccs1)c1ccc(Cl)cc1C(N)=S. The Kier molecular flexibility index (Phi) is 4.80. The average molecular weight is 311 g/mol. The van der Waals surface area contributed by atoms with Crippen molar-refractivity contribution in [2.45, 2.75) is 6.42 Å². The molecule has 0 amide bonds. The maximum absolute atomic E-state index is 5.99. The number of likely N-dealkylation sites (N-methyl/N-ethyl adjacent to an activating group) is 1. The molecule has 2 aromatic rings. The van der Waals surface area contributed by atoms with Crippen LogP contribution in [0.4, 0.5) is 5.69 Å². The Balaban J connectivity index is 2.14. The third-order valence-electron chi connectivity index (χ3n) is 2.91. The maximum Gasteiger partial charge on any atom is 0.106 e. The molecule has 0 atom stereocenters. The zero-order valence-corrected chi connectivity index (χ0v) is 13.0. The average Bonchev–Trinajstić information content (AvgIpc) is 2.88. The van der Waals surface area contributed by atoms with E-state index in [0.717, 1.165) is 24.2 Å². The largest absolute Gasteiger partial charge is 0.389 e. The molecule has 0 aliphatic carbocycles. The monoisotopic (exact) mass is 310 g/mol. The van der Waals surface area contributed by atoms with Gasteiger partial charge < -0.3 is 10.6 Å². The van der Waals surface area contributed by atoms with Crippen LogP contribution in [-0.2, 0) is 6.42 Å². The van der Waals surface area contributed by atoms with Crippen LogP contribution >= 0.6 is 35.2 Å². The number of anilines is 1. The Morgan fingerprint density at radius 1 is 1.42 bits per heavy atom. The Morgan fingerprint density at radius 2 is 2.21 bits per heavy atom. The highest BCUT2D eigenvalue weighted by molar-refractivity contribution is 7.80. The van der Waals surface area contributed by atoms with Crippen molar-refractivity contribution < 1.29 is 0 Å². The second kappa shape index (κ2) is 6.37. The number of hydrogen-bond acceptors (Lipinski definition) is 3. The summed E-state index contributed by atoms with van der Waals surface area (Å²) in [6.45, 7) is 0.914. The fourth-order valence-corrected chi connectivity index (χ4v) is 2.93. The Labute approximate surface area is 127 Å². The van der Waals surface area contributed by atoms with Gasteiger partial charge in [-0.2, -0.15) is 0 Å². The molecule has 0 spiro atoms. The minimum absolute atomic E-state index is 0.375. The summed E-state index contributed by atoms with van der Waals surface area (Å²) in [6, 6.07) is 9.87. The lowest BCUT2D eigenvalue weighted by Crippen LogP contribution is -2.24. The highest BCUT2D eigenvalue weighted by Crippen LogP contribution is 2.24. The predicted molar refractivity (Wildman–Crippen MR) is 88.6 cm³/mol. The highest BCUT2D eigenvalue weighted by atomic mass is 35.5. The number of rotatable bonds is 5. The van der Waals surface area contributed by atoms with Crippen molar-refractivity contribution in [2.24, 2.45) is 5.73 Å². The number of thiocarbonyl (C=S) groups is 1. The molecule has 0 unspecified atom stereocenters. The summed E-state index contributed by atoms with van der Waals surface area (Å²) in [5, 5.41) is 2.75. The van der Waals surface area contributed by atoms with Gasteiger partial charge in [0.15, 0.2) is 0 Å². The van der Waals surface area contributed by atoms with Crippen LogP contribution in [-0.4, -0.2) is 18.6 Å².